The molecule has 0 radical (unpaired) electrons. The van der Waals surface area contributed by atoms with Crippen molar-refractivity contribution in [3.63, 3.8) is 0 Å². The number of rotatable bonds is 8. The van der Waals surface area contributed by atoms with E-state index < -0.39 is 10.0 Å². The van der Waals surface area contributed by atoms with E-state index in [0.29, 0.717) is 11.4 Å². The number of hydrogen-bond acceptors (Lipinski definition) is 4. The van der Waals surface area contributed by atoms with Gasteiger partial charge >= 0.3 is 0 Å². The molecule has 24 heavy (non-hydrogen) atoms. The van der Waals surface area contributed by atoms with Crippen molar-refractivity contribution in [3.8, 4) is 5.75 Å². The number of benzene rings is 2. The molecule has 2 aromatic rings. The van der Waals surface area contributed by atoms with Crippen molar-refractivity contribution >= 4 is 21.6 Å². The number of anilines is 1. The summed E-state index contributed by atoms with van der Waals surface area (Å²) in [7, 11) is -3.51. The van der Waals surface area contributed by atoms with Crippen LogP contribution in [0, 0.1) is 6.92 Å². The highest BCUT2D eigenvalue weighted by Gasteiger charge is 2.11. The number of sulfonamides is 1. The number of hydrogen-bond donors (Lipinski definition) is 2. The second-order valence-electron chi connectivity index (χ2n) is 5.19. The SMILES string of the molecule is Cc1ccccc1OCC(=O)NCCS(=O)(=O)Nc1ccccc1. The molecule has 0 spiro atoms. The van der Waals surface area contributed by atoms with E-state index >= 15 is 0 Å². The van der Waals surface area contributed by atoms with Crippen molar-refractivity contribution in [2.24, 2.45) is 0 Å². The largest absolute Gasteiger partial charge is 0.484 e. The molecule has 0 aliphatic heterocycles. The van der Waals surface area contributed by atoms with E-state index in [2.05, 4.69) is 10.0 Å². The molecule has 0 saturated heterocycles. The van der Waals surface area contributed by atoms with Crippen molar-refractivity contribution in [2.45, 2.75) is 6.92 Å². The van der Waals surface area contributed by atoms with Crippen LogP contribution in [0.4, 0.5) is 5.69 Å². The van der Waals surface area contributed by atoms with E-state index in [0.717, 1.165) is 5.56 Å². The maximum Gasteiger partial charge on any atom is 0.257 e. The zero-order valence-electron chi connectivity index (χ0n) is 13.4. The Bertz CT molecular complexity index is 776. The highest BCUT2D eigenvalue weighted by atomic mass is 32.2. The van der Waals surface area contributed by atoms with Gasteiger partial charge in [0, 0.05) is 12.2 Å². The van der Waals surface area contributed by atoms with E-state index in [-0.39, 0.29) is 24.8 Å². The minimum atomic E-state index is -3.51. The van der Waals surface area contributed by atoms with Gasteiger partial charge in [0.1, 0.15) is 5.75 Å². The van der Waals surface area contributed by atoms with Gasteiger partial charge in [-0.3, -0.25) is 9.52 Å². The number of carbonyl (C=O) groups is 1. The first-order valence-electron chi connectivity index (χ1n) is 7.47. The molecule has 2 aromatic carbocycles. The summed E-state index contributed by atoms with van der Waals surface area (Å²) in [6.07, 6.45) is 0. The molecule has 2 rings (SSSR count). The van der Waals surface area contributed by atoms with Gasteiger partial charge in [0.15, 0.2) is 6.61 Å². The fourth-order valence-electron chi connectivity index (χ4n) is 1.97. The van der Waals surface area contributed by atoms with E-state index in [9.17, 15) is 13.2 Å². The fourth-order valence-corrected chi connectivity index (χ4v) is 2.94. The van der Waals surface area contributed by atoms with Crippen molar-refractivity contribution < 1.29 is 17.9 Å². The van der Waals surface area contributed by atoms with Crippen LogP contribution < -0.4 is 14.8 Å². The first-order valence-corrected chi connectivity index (χ1v) is 9.12. The van der Waals surface area contributed by atoms with Crippen LogP contribution in [0.25, 0.3) is 0 Å². The lowest BCUT2D eigenvalue weighted by Gasteiger charge is -2.10. The summed E-state index contributed by atoms with van der Waals surface area (Å²) < 4.78 is 31.7. The lowest BCUT2D eigenvalue weighted by molar-refractivity contribution is -0.122. The van der Waals surface area contributed by atoms with Gasteiger partial charge in [-0.05, 0) is 30.7 Å². The quantitative estimate of drug-likeness (QED) is 0.763. The third-order valence-electron chi connectivity index (χ3n) is 3.19. The third-order valence-corrected chi connectivity index (χ3v) is 4.48. The topological polar surface area (TPSA) is 84.5 Å². The Hall–Kier alpha value is -2.54. The van der Waals surface area contributed by atoms with Crippen LogP contribution in [0.1, 0.15) is 5.56 Å². The minimum absolute atomic E-state index is 0.0120. The van der Waals surface area contributed by atoms with Crippen LogP contribution in [0.15, 0.2) is 54.6 Å². The zero-order chi connectivity index (χ0) is 17.4. The number of carbonyl (C=O) groups excluding carboxylic acids is 1. The first kappa shape index (κ1) is 17.8. The van der Waals surface area contributed by atoms with Crippen LogP contribution in [-0.2, 0) is 14.8 Å². The molecule has 0 unspecified atom stereocenters. The Morgan fingerprint density at radius 2 is 1.71 bits per heavy atom. The summed E-state index contributed by atoms with van der Waals surface area (Å²) in [4.78, 5) is 11.7. The number of para-hydroxylation sites is 2. The Balaban J connectivity index is 1.73. The maximum atomic E-state index is 11.9. The molecular weight excluding hydrogens is 328 g/mol. The smallest absolute Gasteiger partial charge is 0.257 e. The lowest BCUT2D eigenvalue weighted by Crippen LogP contribution is -2.34. The summed E-state index contributed by atoms with van der Waals surface area (Å²) in [6, 6.07) is 16.0. The lowest BCUT2D eigenvalue weighted by atomic mass is 10.2. The van der Waals surface area contributed by atoms with Crippen LogP contribution in [0.5, 0.6) is 5.75 Å². The molecule has 0 aromatic heterocycles. The Morgan fingerprint density at radius 1 is 1.04 bits per heavy atom. The molecule has 0 aliphatic rings. The summed E-state index contributed by atoms with van der Waals surface area (Å²) in [5, 5.41) is 2.53. The van der Waals surface area contributed by atoms with Crippen LogP contribution >= 0.6 is 0 Å². The van der Waals surface area contributed by atoms with Gasteiger partial charge in [0.25, 0.3) is 5.91 Å². The number of amides is 1. The standard InChI is InChI=1S/C17H20N2O4S/c1-14-7-5-6-10-16(14)23-13-17(20)18-11-12-24(21,22)19-15-8-3-2-4-9-15/h2-10,19H,11-13H2,1H3,(H,18,20). The summed E-state index contributed by atoms with van der Waals surface area (Å²) >= 11 is 0. The second kappa shape index (κ2) is 8.35. The minimum Gasteiger partial charge on any atom is -0.484 e. The van der Waals surface area contributed by atoms with Gasteiger partial charge in [0.2, 0.25) is 10.0 Å². The molecule has 0 aliphatic carbocycles. The number of aryl methyl sites for hydroxylation is 1. The molecular formula is C17H20N2O4S. The highest BCUT2D eigenvalue weighted by Crippen LogP contribution is 2.15. The molecule has 0 saturated carbocycles. The number of nitrogens with one attached hydrogen (secondary N) is 2. The maximum absolute atomic E-state index is 11.9. The summed E-state index contributed by atoms with van der Waals surface area (Å²) in [5.74, 6) is 0.0528. The number of ether oxygens (including phenoxy) is 1. The molecule has 6 nitrogen and oxygen atoms in total. The van der Waals surface area contributed by atoms with Crippen LogP contribution in [0.3, 0.4) is 0 Å². The normalized spacial score (nSPS) is 10.9. The van der Waals surface area contributed by atoms with Crippen molar-refractivity contribution in [1.29, 1.82) is 0 Å². The molecule has 2 N–H and O–H groups in total. The van der Waals surface area contributed by atoms with Gasteiger partial charge < -0.3 is 10.1 Å². The summed E-state index contributed by atoms with van der Waals surface area (Å²) in [5.41, 5.74) is 1.42. The molecule has 7 heteroatoms. The molecule has 128 valence electrons. The highest BCUT2D eigenvalue weighted by molar-refractivity contribution is 7.92. The molecule has 0 atom stereocenters. The third kappa shape index (κ3) is 5.92. The average Bonchev–Trinajstić information content (AvgIpc) is 2.54. The fraction of sp³-hybridized carbons (Fsp3) is 0.235. The van der Waals surface area contributed by atoms with Gasteiger partial charge in [-0.15, -0.1) is 0 Å². The van der Waals surface area contributed by atoms with E-state index in [1.54, 1.807) is 36.4 Å². The van der Waals surface area contributed by atoms with Crippen molar-refractivity contribution in [1.82, 2.24) is 5.32 Å². The van der Waals surface area contributed by atoms with Gasteiger partial charge in [-0.25, -0.2) is 8.42 Å². The van der Waals surface area contributed by atoms with E-state index in [1.807, 2.05) is 25.1 Å². The molecule has 1 amide bonds. The van der Waals surface area contributed by atoms with Gasteiger partial charge in [0.05, 0.1) is 5.75 Å². The van der Waals surface area contributed by atoms with Gasteiger partial charge in [-0.2, -0.15) is 0 Å². The molecule has 0 bridgehead atoms. The van der Waals surface area contributed by atoms with Crippen LogP contribution in [-0.4, -0.2) is 33.2 Å². The van der Waals surface area contributed by atoms with Gasteiger partial charge in [-0.1, -0.05) is 36.4 Å². The average molecular weight is 348 g/mol. The Kier molecular flexibility index (Phi) is 6.20. The Morgan fingerprint density at radius 3 is 2.42 bits per heavy atom. The predicted octanol–water partition coefficient (Wildman–Crippen LogP) is 1.93. The van der Waals surface area contributed by atoms with Crippen molar-refractivity contribution in [2.75, 3.05) is 23.6 Å². The zero-order valence-corrected chi connectivity index (χ0v) is 14.2. The predicted molar refractivity (Wildman–Crippen MR) is 93.5 cm³/mol. The first-order chi connectivity index (χ1) is 11.5. The van der Waals surface area contributed by atoms with Crippen molar-refractivity contribution in [3.05, 3.63) is 60.2 Å². The van der Waals surface area contributed by atoms with Crippen LogP contribution in [0.2, 0.25) is 0 Å². The van der Waals surface area contributed by atoms with E-state index in [4.69, 9.17) is 4.74 Å². The molecule has 0 fully saturated rings. The Labute approximate surface area is 141 Å². The molecule has 0 heterocycles. The van der Waals surface area contributed by atoms with E-state index in [1.165, 1.54) is 0 Å². The second-order valence-corrected chi connectivity index (χ2v) is 7.03. The monoisotopic (exact) mass is 348 g/mol. The summed E-state index contributed by atoms with van der Waals surface area (Å²) in [6.45, 7) is 1.74.